The summed E-state index contributed by atoms with van der Waals surface area (Å²) >= 11 is 0. The summed E-state index contributed by atoms with van der Waals surface area (Å²) in [5, 5.41) is 2.88. The van der Waals surface area contributed by atoms with Crippen LogP contribution in [0.1, 0.15) is 58.4 Å². The second-order valence-electron chi connectivity index (χ2n) is 12.5. The number of piperidine rings is 1. The summed E-state index contributed by atoms with van der Waals surface area (Å²) in [5.41, 5.74) is 8.36. The van der Waals surface area contributed by atoms with Crippen LogP contribution in [0.5, 0.6) is 11.5 Å². The zero-order chi connectivity index (χ0) is 35.9. The normalized spacial score (nSPS) is 12.9. The Morgan fingerprint density at radius 2 is 1.63 bits per heavy atom. The molecular weight excluding hydrogens is 705 g/mol. The number of carbonyl (C=O) groups excluding carboxylic acids is 3. The second kappa shape index (κ2) is 22.7. The van der Waals surface area contributed by atoms with E-state index in [0.717, 1.165) is 50.0 Å². The Bertz CT molecular complexity index is 1610. The molecule has 1 aliphatic heterocycles. The van der Waals surface area contributed by atoms with Crippen molar-refractivity contribution < 1.29 is 28.6 Å². The highest BCUT2D eigenvalue weighted by Gasteiger charge is 2.23. The largest absolute Gasteiger partial charge is 0.495 e. The number of rotatable bonds is 17. The molecule has 0 spiro atoms. The van der Waals surface area contributed by atoms with Gasteiger partial charge >= 0.3 is 0 Å². The lowest BCUT2D eigenvalue weighted by atomic mass is 10.0. The molecule has 0 aliphatic carbocycles. The number of likely N-dealkylation sites (tertiary alicyclic amines) is 1. The number of unbranched alkanes of at least 4 members (excludes halogenated alkanes) is 1. The Hall–Kier alpha value is -4.13. The van der Waals surface area contributed by atoms with Gasteiger partial charge in [-0.15, -0.1) is 24.8 Å². The van der Waals surface area contributed by atoms with Gasteiger partial charge in [-0.05, 0) is 95.2 Å². The maximum atomic E-state index is 13.6. The first-order valence-corrected chi connectivity index (χ1v) is 17.2. The molecule has 13 heteroatoms. The molecule has 3 aromatic rings. The van der Waals surface area contributed by atoms with E-state index in [1.54, 1.807) is 60.5 Å². The van der Waals surface area contributed by atoms with Gasteiger partial charge in [0, 0.05) is 49.6 Å². The van der Waals surface area contributed by atoms with E-state index in [1.165, 1.54) is 7.11 Å². The van der Waals surface area contributed by atoms with Gasteiger partial charge < -0.3 is 40.0 Å². The van der Waals surface area contributed by atoms with Gasteiger partial charge in [-0.1, -0.05) is 36.4 Å². The lowest BCUT2D eigenvalue weighted by Crippen LogP contribution is -2.43. The molecule has 3 aromatic carbocycles. The molecule has 0 bridgehead atoms. The van der Waals surface area contributed by atoms with Crippen molar-refractivity contribution in [3.8, 4) is 11.5 Å². The van der Waals surface area contributed by atoms with Gasteiger partial charge in [-0.25, -0.2) is 0 Å². The molecule has 0 saturated carbocycles. The lowest BCUT2D eigenvalue weighted by Gasteiger charge is -2.34. The molecule has 0 unspecified atom stereocenters. The zero-order valence-electron chi connectivity index (χ0n) is 30.5. The van der Waals surface area contributed by atoms with Gasteiger partial charge in [-0.2, -0.15) is 0 Å². The van der Waals surface area contributed by atoms with Crippen LogP contribution in [0.3, 0.4) is 0 Å². The highest BCUT2D eigenvalue weighted by molar-refractivity contribution is 6.09. The Balaban J connectivity index is 0.00000468. The number of amides is 3. The topological polar surface area (TPSA) is 127 Å². The number of ether oxygens (including phenoxy) is 3. The van der Waals surface area contributed by atoms with Crippen molar-refractivity contribution in [3.05, 3.63) is 95.6 Å². The van der Waals surface area contributed by atoms with Gasteiger partial charge in [0.1, 0.15) is 11.5 Å². The van der Waals surface area contributed by atoms with Crippen LogP contribution in [0.2, 0.25) is 0 Å². The van der Waals surface area contributed by atoms with Crippen molar-refractivity contribution >= 4 is 53.9 Å². The summed E-state index contributed by atoms with van der Waals surface area (Å²) in [5.74, 6) is 0.279. The monoisotopic (exact) mass is 757 g/mol. The fourth-order valence-corrected chi connectivity index (χ4v) is 5.80. The predicted molar refractivity (Wildman–Crippen MR) is 212 cm³/mol. The molecule has 1 aliphatic rings. The van der Waals surface area contributed by atoms with Crippen LogP contribution in [0.25, 0.3) is 0 Å². The molecule has 284 valence electrons. The summed E-state index contributed by atoms with van der Waals surface area (Å²) in [7, 11) is 7.39. The van der Waals surface area contributed by atoms with Gasteiger partial charge in [0.15, 0.2) is 0 Å². The number of anilines is 2. The Labute approximate surface area is 320 Å². The summed E-state index contributed by atoms with van der Waals surface area (Å²) in [6, 6.07) is 20.1. The number of carbonyl (C=O) groups is 3. The van der Waals surface area contributed by atoms with E-state index < -0.39 is 0 Å². The highest BCUT2D eigenvalue weighted by Crippen LogP contribution is 2.30. The number of nitrogens with zero attached hydrogens (tertiary/aromatic N) is 3. The van der Waals surface area contributed by atoms with Crippen molar-refractivity contribution in [2.45, 2.75) is 44.8 Å². The summed E-state index contributed by atoms with van der Waals surface area (Å²) < 4.78 is 17.3. The van der Waals surface area contributed by atoms with Crippen molar-refractivity contribution in [2.24, 2.45) is 5.73 Å². The molecule has 3 amide bonds. The van der Waals surface area contributed by atoms with E-state index in [-0.39, 0.29) is 42.5 Å². The Morgan fingerprint density at radius 1 is 0.923 bits per heavy atom. The minimum absolute atomic E-state index is 0. The van der Waals surface area contributed by atoms with Crippen LogP contribution < -0.4 is 25.4 Å². The highest BCUT2D eigenvalue weighted by atomic mass is 35.5. The summed E-state index contributed by atoms with van der Waals surface area (Å²) in [4.78, 5) is 45.1. The van der Waals surface area contributed by atoms with Gasteiger partial charge in [-0.3, -0.25) is 14.4 Å². The van der Waals surface area contributed by atoms with Crippen LogP contribution in [-0.4, -0.2) is 94.7 Å². The molecule has 11 nitrogen and oxygen atoms in total. The zero-order valence-corrected chi connectivity index (χ0v) is 32.2. The molecular formula is C39H53Cl2N5O6. The van der Waals surface area contributed by atoms with E-state index >= 15 is 0 Å². The molecule has 0 radical (unpaired) electrons. The number of nitrogens with one attached hydrogen (secondary N) is 1. The fraction of sp³-hybridized carbons (Fsp3) is 0.410. The van der Waals surface area contributed by atoms with Crippen molar-refractivity contribution in [1.82, 2.24) is 9.80 Å². The number of halogens is 2. The number of benzene rings is 3. The predicted octanol–water partition coefficient (Wildman–Crippen LogP) is 6.20. The molecule has 0 atom stereocenters. The van der Waals surface area contributed by atoms with Crippen LogP contribution in [0, 0.1) is 0 Å². The second-order valence-corrected chi connectivity index (χ2v) is 12.5. The first kappa shape index (κ1) is 44.0. The van der Waals surface area contributed by atoms with Gasteiger partial charge in [0.25, 0.3) is 11.8 Å². The maximum absolute atomic E-state index is 13.6. The third-order valence-electron chi connectivity index (χ3n) is 8.78. The number of para-hydroxylation sites is 2. The Morgan fingerprint density at radius 3 is 2.35 bits per heavy atom. The van der Waals surface area contributed by atoms with E-state index in [4.69, 9.17) is 19.9 Å². The quantitative estimate of drug-likeness (QED) is 0.123. The Kier molecular flexibility index (Phi) is 19.2. The lowest BCUT2D eigenvalue weighted by molar-refractivity contribution is -0.127. The average Bonchev–Trinajstić information content (AvgIpc) is 3.14. The number of methoxy groups -OCH3 is 1. The number of hydrogen-bond donors (Lipinski definition) is 2. The van der Waals surface area contributed by atoms with Crippen molar-refractivity contribution in [3.63, 3.8) is 0 Å². The smallest absolute Gasteiger partial charge is 0.259 e. The maximum Gasteiger partial charge on any atom is 0.259 e. The third kappa shape index (κ3) is 12.5. The van der Waals surface area contributed by atoms with E-state index in [2.05, 4.69) is 24.3 Å². The number of nitrogens with two attached hydrogens (primary N) is 1. The standard InChI is InChI=1S/C39H51N5O6.2ClH/c1-42(2)31-20-23-44(24-21-31)37(45)17-6-5-11-25-49-28-30-13-7-9-15-34(30)43(3)39(47)29-18-19-33(36(27-29)48-4)41-38(46)32-14-8-10-16-35(32)50-26-12-22-40;;/h6-10,13-19,27,31H,5,11-12,20-26,28,40H2,1-4H3,(H,41,46);2*1H/b17-6+;;. The molecule has 1 fully saturated rings. The minimum atomic E-state index is -0.364. The SMILES string of the molecule is COc1cc(C(=O)N(C)c2ccccc2COCCC/C=C/C(=O)N2CCC(N(C)C)CC2)ccc1NC(=O)c1ccccc1OCCCN.Cl.Cl. The summed E-state index contributed by atoms with van der Waals surface area (Å²) in [6.45, 7) is 3.35. The molecule has 1 saturated heterocycles. The van der Waals surface area contributed by atoms with E-state index in [0.29, 0.717) is 67.1 Å². The van der Waals surface area contributed by atoms with E-state index in [9.17, 15) is 14.4 Å². The van der Waals surface area contributed by atoms with Crippen molar-refractivity contribution in [2.75, 3.05) is 71.3 Å². The number of hydrogen-bond acceptors (Lipinski definition) is 8. The molecule has 0 aromatic heterocycles. The fourth-order valence-electron chi connectivity index (χ4n) is 5.80. The molecule has 3 N–H and O–H groups in total. The van der Waals surface area contributed by atoms with Crippen LogP contribution in [-0.2, 0) is 16.1 Å². The van der Waals surface area contributed by atoms with Crippen LogP contribution in [0.15, 0.2) is 78.9 Å². The average molecular weight is 759 g/mol. The molecule has 52 heavy (non-hydrogen) atoms. The number of allylic oxidation sites excluding steroid dienone is 1. The molecule has 1 heterocycles. The first-order valence-electron chi connectivity index (χ1n) is 17.2. The minimum Gasteiger partial charge on any atom is -0.495 e. The third-order valence-corrected chi connectivity index (χ3v) is 8.78. The first-order chi connectivity index (χ1) is 24.2. The summed E-state index contributed by atoms with van der Waals surface area (Å²) in [6.07, 6.45) is 7.81. The molecule has 4 rings (SSSR count). The van der Waals surface area contributed by atoms with E-state index in [1.807, 2.05) is 35.2 Å². The van der Waals surface area contributed by atoms with Crippen LogP contribution >= 0.6 is 24.8 Å². The van der Waals surface area contributed by atoms with Crippen molar-refractivity contribution in [1.29, 1.82) is 0 Å². The van der Waals surface area contributed by atoms with Gasteiger partial charge in [0.2, 0.25) is 5.91 Å². The van der Waals surface area contributed by atoms with Crippen LogP contribution in [0.4, 0.5) is 11.4 Å². The van der Waals surface area contributed by atoms with Gasteiger partial charge in [0.05, 0.1) is 31.6 Å².